The number of nitrogens with one attached hydrogen (secondary N) is 1. The molecule has 0 aromatic heterocycles. The van der Waals surface area contributed by atoms with Gasteiger partial charge in [-0.05, 0) is 47.7 Å². The third-order valence-corrected chi connectivity index (χ3v) is 4.15. The van der Waals surface area contributed by atoms with E-state index in [2.05, 4.69) is 19.2 Å². The molecule has 2 aromatic carbocycles. The third-order valence-electron chi connectivity index (χ3n) is 4.15. The predicted molar refractivity (Wildman–Crippen MR) is 102 cm³/mol. The summed E-state index contributed by atoms with van der Waals surface area (Å²) in [5.74, 6) is 0.412. The summed E-state index contributed by atoms with van der Waals surface area (Å²) in [5, 5.41) is 2.92. The lowest BCUT2D eigenvalue weighted by Gasteiger charge is -2.11. The molecule has 0 aliphatic carbocycles. The first-order valence-corrected chi connectivity index (χ1v) is 8.57. The summed E-state index contributed by atoms with van der Waals surface area (Å²) in [6, 6.07) is 15.3. The van der Waals surface area contributed by atoms with Crippen LogP contribution in [0.25, 0.3) is 0 Å². The van der Waals surface area contributed by atoms with Crippen molar-refractivity contribution in [1.29, 1.82) is 0 Å². The first kappa shape index (κ1) is 18.7. The van der Waals surface area contributed by atoms with Gasteiger partial charge in [-0.3, -0.25) is 9.59 Å². The zero-order valence-corrected chi connectivity index (χ0v) is 15.4. The Morgan fingerprint density at radius 1 is 1.04 bits per heavy atom. The molecule has 0 saturated heterocycles. The molecule has 1 N–H and O–H groups in total. The Morgan fingerprint density at radius 3 is 2.32 bits per heavy atom. The van der Waals surface area contributed by atoms with Gasteiger partial charge >= 0.3 is 0 Å². The Balaban J connectivity index is 2.01. The maximum absolute atomic E-state index is 12.4. The maximum Gasteiger partial charge on any atom is 0.255 e. The molecule has 0 radical (unpaired) electrons. The van der Waals surface area contributed by atoms with Crippen molar-refractivity contribution in [3.63, 3.8) is 0 Å². The Morgan fingerprint density at radius 2 is 1.72 bits per heavy atom. The third kappa shape index (κ3) is 5.45. The van der Waals surface area contributed by atoms with Gasteiger partial charge in [0.05, 0.1) is 0 Å². The van der Waals surface area contributed by atoms with Crippen LogP contribution in [0.15, 0.2) is 48.5 Å². The summed E-state index contributed by atoms with van der Waals surface area (Å²) in [7, 11) is 3.51. The molecule has 0 aliphatic rings. The first-order chi connectivity index (χ1) is 11.9. The lowest BCUT2D eigenvalue weighted by molar-refractivity contribution is -0.128. The summed E-state index contributed by atoms with van der Waals surface area (Å²) in [6.07, 6.45) is 1.12. The molecule has 25 heavy (non-hydrogen) atoms. The average molecular weight is 338 g/mol. The standard InChI is InChI=1S/C21H26N2O2/c1-15(2)17-9-11-18(12-10-17)21(25)22-19-7-5-6-16(14-19)8-13-20(24)23(3)4/h5-7,9-12,14-15H,8,13H2,1-4H3,(H,22,25). The second-order valence-electron chi connectivity index (χ2n) is 6.72. The van der Waals surface area contributed by atoms with Crippen LogP contribution in [0.2, 0.25) is 0 Å². The molecule has 0 bridgehead atoms. The van der Waals surface area contributed by atoms with Gasteiger partial charge in [-0.15, -0.1) is 0 Å². The number of carbonyl (C=O) groups excluding carboxylic acids is 2. The summed E-state index contributed by atoms with van der Waals surface area (Å²) < 4.78 is 0. The molecule has 0 heterocycles. The number of aryl methyl sites for hydroxylation is 1. The van der Waals surface area contributed by atoms with Crippen LogP contribution in [0.4, 0.5) is 5.69 Å². The van der Waals surface area contributed by atoms with Crippen LogP contribution in [0.1, 0.15) is 47.7 Å². The summed E-state index contributed by atoms with van der Waals surface area (Å²) in [4.78, 5) is 25.7. The monoisotopic (exact) mass is 338 g/mol. The van der Waals surface area contributed by atoms with Gasteiger partial charge in [0.15, 0.2) is 0 Å². The van der Waals surface area contributed by atoms with Crippen molar-refractivity contribution in [3.8, 4) is 0 Å². The maximum atomic E-state index is 12.4. The molecule has 0 atom stereocenters. The Hall–Kier alpha value is -2.62. The molecule has 0 aliphatic heterocycles. The Kier molecular flexibility index (Phi) is 6.34. The topological polar surface area (TPSA) is 49.4 Å². The molecule has 2 aromatic rings. The molecule has 0 spiro atoms. The molecule has 132 valence electrons. The fraction of sp³-hybridized carbons (Fsp3) is 0.333. The number of rotatable bonds is 6. The van der Waals surface area contributed by atoms with Gasteiger partial charge in [0.2, 0.25) is 5.91 Å². The molecule has 0 unspecified atom stereocenters. The van der Waals surface area contributed by atoms with E-state index in [4.69, 9.17) is 0 Å². The lowest BCUT2D eigenvalue weighted by Crippen LogP contribution is -2.21. The van der Waals surface area contributed by atoms with Crippen LogP contribution in [-0.4, -0.2) is 30.8 Å². The van der Waals surface area contributed by atoms with Gasteiger partial charge in [-0.1, -0.05) is 38.1 Å². The highest BCUT2D eigenvalue weighted by atomic mass is 16.2. The highest BCUT2D eigenvalue weighted by Crippen LogP contribution is 2.17. The zero-order chi connectivity index (χ0) is 18.4. The largest absolute Gasteiger partial charge is 0.349 e. The number of amides is 2. The minimum atomic E-state index is -0.128. The zero-order valence-electron chi connectivity index (χ0n) is 15.4. The normalized spacial score (nSPS) is 10.6. The number of carbonyl (C=O) groups is 2. The van der Waals surface area contributed by atoms with E-state index in [9.17, 15) is 9.59 Å². The van der Waals surface area contributed by atoms with Gasteiger partial charge in [0.25, 0.3) is 5.91 Å². The van der Waals surface area contributed by atoms with Gasteiger partial charge < -0.3 is 10.2 Å². The Bertz CT molecular complexity index is 734. The Labute approximate surface area is 149 Å². The van der Waals surface area contributed by atoms with Gasteiger partial charge in [-0.2, -0.15) is 0 Å². The van der Waals surface area contributed by atoms with E-state index in [1.165, 1.54) is 5.56 Å². The minimum absolute atomic E-state index is 0.0969. The van der Waals surface area contributed by atoms with Crippen molar-refractivity contribution < 1.29 is 9.59 Å². The molecular weight excluding hydrogens is 312 g/mol. The number of hydrogen-bond donors (Lipinski definition) is 1. The summed E-state index contributed by atoms with van der Waals surface area (Å²) in [5.41, 5.74) is 3.62. The smallest absolute Gasteiger partial charge is 0.255 e. The van der Waals surface area contributed by atoms with Crippen LogP contribution >= 0.6 is 0 Å². The van der Waals surface area contributed by atoms with E-state index < -0.39 is 0 Å². The van der Waals surface area contributed by atoms with Crippen LogP contribution < -0.4 is 5.32 Å². The van der Waals surface area contributed by atoms with Crippen molar-refractivity contribution in [2.45, 2.75) is 32.6 Å². The molecule has 2 rings (SSSR count). The van der Waals surface area contributed by atoms with Crippen molar-refractivity contribution >= 4 is 17.5 Å². The minimum Gasteiger partial charge on any atom is -0.349 e. The highest BCUT2D eigenvalue weighted by molar-refractivity contribution is 6.04. The van der Waals surface area contributed by atoms with E-state index in [0.717, 1.165) is 11.3 Å². The van der Waals surface area contributed by atoms with E-state index in [1.807, 2.05) is 48.5 Å². The van der Waals surface area contributed by atoms with Crippen molar-refractivity contribution in [3.05, 3.63) is 65.2 Å². The first-order valence-electron chi connectivity index (χ1n) is 8.57. The molecular formula is C21H26N2O2. The van der Waals surface area contributed by atoms with E-state index in [-0.39, 0.29) is 11.8 Å². The van der Waals surface area contributed by atoms with Crippen molar-refractivity contribution in [2.24, 2.45) is 0 Å². The second-order valence-corrected chi connectivity index (χ2v) is 6.72. The number of nitrogens with zero attached hydrogens (tertiary/aromatic N) is 1. The second kappa shape index (κ2) is 8.47. The fourth-order valence-electron chi connectivity index (χ4n) is 2.50. The fourth-order valence-corrected chi connectivity index (χ4v) is 2.50. The highest BCUT2D eigenvalue weighted by Gasteiger charge is 2.09. The van der Waals surface area contributed by atoms with Gasteiger partial charge in [0, 0.05) is 31.8 Å². The number of hydrogen-bond acceptors (Lipinski definition) is 2. The van der Waals surface area contributed by atoms with Crippen molar-refractivity contribution in [1.82, 2.24) is 4.90 Å². The summed E-state index contributed by atoms with van der Waals surface area (Å²) in [6.45, 7) is 4.25. The van der Waals surface area contributed by atoms with Crippen LogP contribution in [0.5, 0.6) is 0 Å². The van der Waals surface area contributed by atoms with E-state index in [0.29, 0.717) is 24.3 Å². The van der Waals surface area contributed by atoms with Gasteiger partial charge in [0.1, 0.15) is 0 Å². The number of benzene rings is 2. The molecule has 2 amide bonds. The SMILES string of the molecule is CC(C)c1ccc(C(=O)Nc2cccc(CCC(=O)N(C)C)c2)cc1. The molecule has 4 heteroatoms. The average Bonchev–Trinajstić information content (AvgIpc) is 2.60. The quantitative estimate of drug-likeness (QED) is 0.862. The van der Waals surface area contributed by atoms with Crippen LogP contribution in [0.3, 0.4) is 0 Å². The van der Waals surface area contributed by atoms with Gasteiger partial charge in [-0.25, -0.2) is 0 Å². The predicted octanol–water partition coefficient (Wildman–Crippen LogP) is 4.08. The van der Waals surface area contributed by atoms with Crippen molar-refractivity contribution in [2.75, 3.05) is 19.4 Å². The molecule has 4 nitrogen and oxygen atoms in total. The molecule has 0 fully saturated rings. The number of anilines is 1. The summed E-state index contributed by atoms with van der Waals surface area (Å²) >= 11 is 0. The van der Waals surface area contributed by atoms with Crippen LogP contribution in [-0.2, 0) is 11.2 Å². The van der Waals surface area contributed by atoms with Crippen LogP contribution in [0, 0.1) is 0 Å². The molecule has 0 saturated carbocycles. The van der Waals surface area contributed by atoms with E-state index >= 15 is 0 Å². The lowest BCUT2D eigenvalue weighted by atomic mass is 10.0. The van der Waals surface area contributed by atoms with E-state index in [1.54, 1.807) is 19.0 Å².